The molecule has 188 valence electrons. The third-order valence-electron chi connectivity index (χ3n) is 8.02. The highest BCUT2D eigenvalue weighted by Gasteiger charge is 2.22. The van der Waals surface area contributed by atoms with Gasteiger partial charge in [0.05, 0.1) is 17.9 Å². The monoisotopic (exact) mass is 486 g/mol. The molecule has 2 aliphatic rings. The number of fused-ring (bicyclic) bond motifs is 1. The first-order valence-corrected chi connectivity index (χ1v) is 13.0. The number of aromatic amines is 1. The number of nitrogens with one attached hydrogen (secondary N) is 1. The molecule has 0 amide bonds. The highest BCUT2D eigenvalue weighted by Crippen LogP contribution is 2.32. The molecular formula is C27H34N8O. The Bertz CT molecular complexity index is 1430. The summed E-state index contributed by atoms with van der Waals surface area (Å²) in [6.45, 7) is 6.26. The Morgan fingerprint density at radius 3 is 2.28 bits per heavy atom. The second kappa shape index (κ2) is 9.29. The zero-order valence-corrected chi connectivity index (χ0v) is 21.3. The van der Waals surface area contributed by atoms with Crippen molar-refractivity contribution in [1.29, 1.82) is 0 Å². The number of H-pyrrole nitrogens is 1. The summed E-state index contributed by atoms with van der Waals surface area (Å²) in [6.07, 6.45) is 10.3. The standard InChI is InChI=1S/C27H34N8O/c1-18-12-19(13-26(36)35(18)22-6-10-33(3)11-7-22)25-14-23-24(16-28-27(23)31-30-25)20-15-29-34(17-20)21-4-8-32(2)9-5-21/h12-17,21-22H,4-11H2,1-3H3,(H,28,31). The predicted molar refractivity (Wildman–Crippen MR) is 141 cm³/mol. The van der Waals surface area contributed by atoms with Crippen molar-refractivity contribution in [1.82, 2.24) is 39.3 Å². The highest BCUT2D eigenvalue weighted by molar-refractivity contribution is 5.94. The molecule has 4 aromatic heterocycles. The van der Waals surface area contributed by atoms with Gasteiger partial charge >= 0.3 is 0 Å². The van der Waals surface area contributed by atoms with Crippen molar-refractivity contribution in [3.05, 3.63) is 52.8 Å². The van der Waals surface area contributed by atoms with E-state index in [2.05, 4.69) is 56.0 Å². The van der Waals surface area contributed by atoms with Crippen LogP contribution >= 0.6 is 0 Å². The molecule has 6 heterocycles. The number of nitrogens with zero attached hydrogens (tertiary/aromatic N) is 7. The summed E-state index contributed by atoms with van der Waals surface area (Å²) in [7, 11) is 4.31. The van der Waals surface area contributed by atoms with Crippen LogP contribution in [0.1, 0.15) is 43.5 Å². The van der Waals surface area contributed by atoms with E-state index in [1.807, 2.05) is 30.0 Å². The maximum atomic E-state index is 13.2. The molecule has 6 rings (SSSR count). The van der Waals surface area contributed by atoms with Crippen LogP contribution in [0.3, 0.4) is 0 Å². The van der Waals surface area contributed by atoms with Crippen LogP contribution in [0.5, 0.6) is 0 Å². The van der Waals surface area contributed by atoms with Gasteiger partial charge in [0.2, 0.25) is 0 Å². The van der Waals surface area contributed by atoms with Crippen molar-refractivity contribution >= 4 is 11.0 Å². The van der Waals surface area contributed by atoms with E-state index in [9.17, 15) is 4.79 Å². The second-order valence-corrected chi connectivity index (χ2v) is 10.6. The molecule has 0 radical (unpaired) electrons. The smallest absolute Gasteiger partial charge is 0.251 e. The molecule has 0 spiro atoms. The van der Waals surface area contributed by atoms with E-state index in [0.29, 0.717) is 11.7 Å². The molecule has 0 bridgehead atoms. The van der Waals surface area contributed by atoms with Crippen molar-refractivity contribution in [2.45, 2.75) is 44.7 Å². The van der Waals surface area contributed by atoms with E-state index >= 15 is 0 Å². The Kier molecular flexibility index (Phi) is 5.97. The van der Waals surface area contributed by atoms with Gasteiger partial charge in [-0.1, -0.05) is 0 Å². The SMILES string of the molecule is Cc1cc(-c2cc3c(-c4cnn(C5CCN(C)CC5)c4)c[nH]c3nn2)cc(=O)n1C1CCN(C)CC1. The molecule has 0 atom stereocenters. The Labute approximate surface area is 210 Å². The number of pyridine rings is 1. The summed E-state index contributed by atoms with van der Waals surface area (Å²) in [6, 6.07) is 6.52. The summed E-state index contributed by atoms with van der Waals surface area (Å²) in [5.74, 6) is 0. The highest BCUT2D eigenvalue weighted by atomic mass is 16.1. The van der Waals surface area contributed by atoms with Crippen molar-refractivity contribution in [3.8, 4) is 22.4 Å². The van der Waals surface area contributed by atoms with E-state index in [4.69, 9.17) is 5.10 Å². The molecule has 4 aromatic rings. The summed E-state index contributed by atoms with van der Waals surface area (Å²) in [5, 5.41) is 14.6. The van der Waals surface area contributed by atoms with Crippen LogP contribution in [0.15, 0.2) is 41.6 Å². The number of hydrogen-bond acceptors (Lipinski definition) is 6. The zero-order chi connectivity index (χ0) is 24.8. The quantitative estimate of drug-likeness (QED) is 0.475. The minimum Gasteiger partial charge on any atom is -0.344 e. The van der Waals surface area contributed by atoms with Gasteiger partial charge < -0.3 is 19.4 Å². The summed E-state index contributed by atoms with van der Waals surface area (Å²) in [5.41, 5.74) is 5.38. The molecule has 2 saturated heterocycles. The van der Waals surface area contributed by atoms with Gasteiger partial charge in [-0.05, 0) is 85.0 Å². The van der Waals surface area contributed by atoms with Crippen molar-refractivity contribution in [3.63, 3.8) is 0 Å². The molecule has 36 heavy (non-hydrogen) atoms. The summed E-state index contributed by atoms with van der Waals surface area (Å²) in [4.78, 5) is 21.1. The van der Waals surface area contributed by atoms with Crippen LogP contribution in [0.2, 0.25) is 0 Å². The molecule has 0 aromatic carbocycles. The number of piperidine rings is 2. The average Bonchev–Trinajstić information content (AvgIpc) is 3.52. The van der Waals surface area contributed by atoms with Crippen molar-refractivity contribution < 1.29 is 0 Å². The Morgan fingerprint density at radius 2 is 1.58 bits per heavy atom. The lowest BCUT2D eigenvalue weighted by atomic mass is 10.0. The molecule has 9 nitrogen and oxygen atoms in total. The maximum absolute atomic E-state index is 13.2. The second-order valence-electron chi connectivity index (χ2n) is 10.6. The number of hydrogen-bond donors (Lipinski definition) is 1. The van der Waals surface area contributed by atoms with E-state index in [-0.39, 0.29) is 11.6 Å². The van der Waals surface area contributed by atoms with Crippen LogP contribution in [-0.2, 0) is 0 Å². The van der Waals surface area contributed by atoms with Gasteiger partial charge in [0.25, 0.3) is 5.56 Å². The minimum absolute atomic E-state index is 0.0372. The lowest BCUT2D eigenvalue weighted by molar-refractivity contribution is 0.212. The van der Waals surface area contributed by atoms with Crippen molar-refractivity contribution in [2.75, 3.05) is 40.3 Å². The van der Waals surface area contributed by atoms with Gasteiger partial charge in [-0.2, -0.15) is 5.10 Å². The number of likely N-dealkylation sites (tertiary alicyclic amines) is 2. The summed E-state index contributed by atoms with van der Waals surface area (Å²) >= 11 is 0. The third-order valence-corrected chi connectivity index (χ3v) is 8.02. The van der Waals surface area contributed by atoms with Gasteiger partial charge in [-0.25, -0.2) is 0 Å². The van der Waals surface area contributed by atoms with Gasteiger partial charge in [-0.15, -0.1) is 10.2 Å². The maximum Gasteiger partial charge on any atom is 0.251 e. The lowest BCUT2D eigenvalue weighted by Crippen LogP contribution is -2.36. The minimum atomic E-state index is 0.0372. The first kappa shape index (κ1) is 23.1. The molecule has 0 aliphatic carbocycles. The van der Waals surface area contributed by atoms with Crippen LogP contribution in [0, 0.1) is 6.92 Å². The van der Waals surface area contributed by atoms with Gasteiger partial charge in [0, 0.05) is 52.3 Å². The molecule has 2 fully saturated rings. The first-order valence-electron chi connectivity index (χ1n) is 13.0. The van der Waals surface area contributed by atoms with E-state index < -0.39 is 0 Å². The fraction of sp³-hybridized carbons (Fsp3) is 0.481. The Hall–Kier alpha value is -3.30. The predicted octanol–water partition coefficient (Wildman–Crippen LogP) is 3.49. The molecule has 9 heteroatoms. The first-order chi connectivity index (χ1) is 17.5. The topological polar surface area (TPSA) is 87.9 Å². The van der Waals surface area contributed by atoms with E-state index in [1.165, 1.54) is 0 Å². The number of rotatable bonds is 4. The van der Waals surface area contributed by atoms with Gasteiger partial charge in [-0.3, -0.25) is 9.48 Å². The molecular weight excluding hydrogens is 452 g/mol. The summed E-state index contributed by atoms with van der Waals surface area (Å²) < 4.78 is 4.07. The average molecular weight is 487 g/mol. The number of aryl methyl sites for hydroxylation is 1. The number of aromatic nitrogens is 6. The third kappa shape index (κ3) is 4.26. The van der Waals surface area contributed by atoms with Crippen LogP contribution in [0.4, 0.5) is 0 Å². The van der Waals surface area contributed by atoms with E-state index in [0.717, 1.165) is 85.3 Å². The molecule has 0 saturated carbocycles. The molecule has 2 aliphatic heterocycles. The Morgan fingerprint density at radius 1 is 0.889 bits per heavy atom. The molecule has 1 N–H and O–H groups in total. The Balaban J connectivity index is 1.31. The van der Waals surface area contributed by atoms with Gasteiger partial charge in [0.1, 0.15) is 0 Å². The van der Waals surface area contributed by atoms with Gasteiger partial charge in [0.15, 0.2) is 5.65 Å². The van der Waals surface area contributed by atoms with Crippen LogP contribution in [0.25, 0.3) is 33.4 Å². The van der Waals surface area contributed by atoms with Crippen LogP contribution < -0.4 is 5.56 Å². The van der Waals surface area contributed by atoms with E-state index in [1.54, 1.807) is 6.07 Å². The zero-order valence-electron chi connectivity index (χ0n) is 21.3. The van der Waals surface area contributed by atoms with Crippen molar-refractivity contribution in [2.24, 2.45) is 0 Å². The lowest BCUT2D eigenvalue weighted by Gasteiger charge is -2.31. The fourth-order valence-corrected chi connectivity index (χ4v) is 5.82. The fourth-order valence-electron chi connectivity index (χ4n) is 5.82. The normalized spacial score (nSPS) is 18.9. The molecule has 0 unspecified atom stereocenters. The largest absolute Gasteiger partial charge is 0.344 e. The van der Waals surface area contributed by atoms with Crippen LogP contribution in [-0.4, -0.2) is 79.6 Å².